The normalized spacial score (nSPS) is 28.4. The number of carbonyl (C=O) groups excluding carboxylic acids is 2. The van der Waals surface area contributed by atoms with Crippen molar-refractivity contribution in [2.75, 3.05) is 32.6 Å². The number of ether oxygens (including phenoxy) is 2. The first-order valence-electron chi connectivity index (χ1n) is 9.94. The van der Waals surface area contributed by atoms with Gasteiger partial charge < -0.3 is 29.1 Å². The fraction of sp³-hybridized carbons (Fsp3) is 0.579. The largest absolute Gasteiger partial charge is 0.399 e. The van der Waals surface area contributed by atoms with Gasteiger partial charge in [0.15, 0.2) is 0 Å². The molecule has 3 amide bonds. The van der Waals surface area contributed by atoms with Gasteiger partial charge in [0.1, 0.15) is 12.3 Å². The lowest BCUT2D eigenvalue weighted by molar-refractivity contribution is -0.128. The predicted octanol–water partition coefficient (Wildman–Crippen LogP) is 1.38. The van der Waals surface area contributed by atoms with Gasteiger partial charge in [-0.2, -0.15) is 0 Å². The van der Waals surface area contributed by atoms with Gasteiger partial charge in [0.2, 0.25) is 5.91 Å². The van der Waals surface area contributed by atoms with Crippen LogP contribution >= 0.6 is 6.72 Å². The van der Waals surface area contributed by atoms with Crippen LogP contribution in [0.4, 0.5) is 10.5 Å². The van der Waals surface area contributed by atoms with Gasteiger partial charge in [0.25, 0.3) is 0 Å². The Morgan fingerprint density at radius 1 is 1.32 bits per heavy atom. The van der Waals surface area contributed by atoms with E-state index in [2.05, 4.69) is 5.32 Å². The zero-order valence-electron chi connectivity index (χ0n) is 17.4. The van der Waals surface area contributed by atoms with E-state index in [1.807, 2.05) is 12.1 Å². The van der Waals surface area contributed by atoms with Crippen molar-refractivity contribution in [3.63, 3.8) is 0 Å². The minimum Gasteiger partial charge on any atom is -0.399 e. The van der Waals surface area contributed by atoms with Crippen LogP contribution in [-0.2, 0) is 41.5 Å². The number of urea groups is 1. The molecule has 0 radical (unpaired) electrons. The summed E-state index contributed by atoms with van der Waals surface area (Å²) in [4.78, 5) is 35.6. The van der Waals surface area contributed by atoms with Crippen LogP contribution in [0.25, 0.3) is 0 Å². The Hall–Kier alpha value is -1.59. The summed E-state index contributed by atoms with van der Waals surface area (Å²) in [6.07, 6.45) is -0.532. The van der Waals surface area contributed by atoms with E-state index in [1.54, 1.807) is 19.1 Å². The number of amides is 3. The van der Waals surface area contributed by atoms with Crippen molar-refractivity contribution in [2.45, 2.75) is 38.2 Å². The van der Waals surface area contributed by atoms with Gasteiger partial charge in [0, 0.05) is 25.8 Å². The first-order chi connectivity index (χ1) is 14.7. The standard InChI is InChI=1S/C19H28N3O7PS/c1-12-10-22(19(24)21-18(12)23)17-9-15(26-2)16(29-17)11-28-30(25,31)27-8-7-13-3-5-14(20)6-4-13/h3-6,12,15-17H,7-11,20H2,1-2H3,(H,25,31)(H,21,23,24)/t12?,15-,16?,17?,30?/m0/s1. The molecule has 0 aliphatic carbocycles. The summed E-state index contributed by atoms with van der Waals surface area (Å²) >= 11 is 5.08. The fourth-order valence-corrected chi connectivity index (χ4v) is 4.61. The number of methoxy groups -OCH3 is 1. The topological polar surface area (TPSA) is 133 Å². The maximum atomic E-state index is 12.2. The molecule has 2 heterocycles. The lowest BCUT2D eigenvalue weighted by atomic mass is 10.1. The summed E-state index contributed by atoms with van der Waals surface area (Å²) in [7, 11) is 1.53. The molecule has 12 heteroatoms. The van der Waals surface area contributed by atoms with Crippen LogP contribution in [-0.4, -0.2) is 67.0 Å². The molecule has 0 spiro atoms. The van der Waals surface area contributed by atoms with Crippen molar-refractivity contribution >= 4 is 36.2 Å². The minimum atomic E-state index is -3.48. The number of nitrogens with zero attached hydrogens (tertiary/aromatic N) is 1. The summed E-state index contributed by atoms with van der Waals surface area (Å²) in [6, 6.07) is 6.84. The molecule has 10 nitrogen and oxygen atoms in total. The number of rotatable bonds is 9. The molecule has 4 N–H and O–H groups in total. The van der Waals surface area contributed by atoms with E-state index in [9.17, 15) is 14.5 Å². The summed E-state index contributed by atoms with van der Waals surface area (Å²) < 4.78 is 22.3. The molecule has 2 fully saturated rings. The number of nitrogens with two attached hydrogens (primary N) is 1. The SMILES string of the molecule is CO[C@H]1CC(N2CC(C)C(=O)NC2=O)OC1COP(O)(=S)OCCc1ccc(N)cc1. The molecule has 2 aliphatic heterocycles. The Labute approximate surface area is 186 Å². The molecule has 0 aromatic heterocycles. The number of carbonyl (C=O) groups is 2. The van der Waals surface area contributed by atoms with Gasteiger partial charge >= 0.3 is 12.7 Å². The summed E-state index contributed by atoms with van der Waals surface area (Å²) in [5.74, 6) is -0.643. The molecule has 0 saturated carbocycles. The first-order valence-corrected chi connectivity index (χ1v) is 12.5. The molecule has 1 aromatic carbocycles. The Morgan fingerprint density at radius 2 is 2.03 bits per heavy atom. The highest BCUT2D eigenvalue weighted by Gasteiger charge is 2.43. The molecule has 5 atom stereocenters. The fourth-order valence-electron chi connectivity index (χ4n) is 3.47. The van der Waals surface area contributed by atoms with Crippen molar-refractivity contribution in [1.82, 2.24) is 10.2 Å². The van der Waals surface area contributed by atoms with E-state index < -0.39 is 25.1 Å². The summed E-state index contributed by atoms with van der Waals surface area (Å²) in [5.41, 5.74) is 7.33. The van der Waals surface area contributed by atoms with Crippen molar-refractivity contribution in [1.29, 1.82) is 0 Å². The smallest absolute Gasteiger partial charge is 0.326 e. The van der Waals surface area contributed by atoms with Crippen LogP contribution in [0.3, 0.4) is 0 Å². The highest BCUT2D eigenvalue weighted by Crippen LogP contribution is 2.44. The third-order valence-electron chi connectivity index (χ3n) is 5.27. The average molecular weight is 473 g/mol. The van der Waals surface area contributed by atoms with Crippen LogP contribution in [0.5, 0.6) is 0 Å². The number of hydrogen-bond acceptors (Lipinski definition) is 8. The number of anilines is 1. The van der Waals surface area contributed by atoms with Crippen LogP contribution in [0.2, 0.25) is 0 Å². The van der Waals surface area contributed by atoms with Gasteiger partial charge in [0.05, 0.1) is 25.2 Å². The van der Waals surface area contributed by atoms with Crippen molar-refractivity contribution < 1.29 is 33.0 Å². The second kappa shape index (κ2) is 10.4. The number of nitrogens with one attached hydrogen (secondary N) is 1. The molecule has 2 saturated heterocycles. The van der Waals surface area contributed by atoms with E-state index in [-0.39, 0.29) is 37.7 Å². The molecule has 2 aliphatic rings. The second-order valence-corrected chi connectivity index (χ2v) is 10.4. The monoisotopic (exact) mass is 473 g/mol. The van der Waals surface area contributed by atoms with Gasteiger partial charge in [-0.05, 0) is 35.9 Å². The zero-order valence-corrected chi connectivity index (χ0v) is 19.1. The Kier molecular flexibility index (Phi) is 8.03. The van der Waals surface area contributed by atoms with Crippen molar-refractivity contribution in [2.24, 2.45) is 5.92 Å². The third-order valence-corrected chi connectivity index (χ3v) is 6.88. The molecular weight excluding hydrogens is 445 g/mol. The average Bonchev–Trinajstić information content (AvgIpc) is 3.14. The maximum absolute atomic E-state index is 12.2. The quantitative estimate of drug-likeness (QED) is 0.359. The number of hydrogen-bond donors (Lipinski definition) is 3. The Bertz CT molecular complexity index is 840. The second-order valence-electron chi connectivity index (χ2n) is 7.58. The highest BCUT2D eigenvalue weighted by molar-refractivity contribution is 8.07. The van der Waals surface area contributed by atoms with E-state index in [1.165, 1.54) is 12.0 Å². The van der Waals surface area contributed by atoms with E-state index in [4.69, 9.17) is 36.1 Å². The van der Waals surface area contributed by atoms with E-state index >= 15 is 0 Å². The van der Waals surface area contributed by atoms with Crippen molar-refractivity contribution in [3.8, 4) is 0 Å². The Balaban J connectivity index is 1.49. The lowest BCUT2D eigenvalue weighted by Crippen LogP contribution is -2.57. The van der Waals surface area contributed by atoms with Gasteiger partial charge in [-0.15, -0.1) is 0 Å². The molecule has 172 valence electrons. The highest BCUT2D eigenvalue weighted by atomic mass is 32.5. The number of imide groups is 1. The molecule has 4 unspecified atom stereocenters. The van der Waals surface area contributed by atoms with Crippen LogP contribution < -0.4 is 11.1 Å². The van der Waals surface area contributed by atoms with Gasteiger partial charge in [-0.3, -0.25) is 15.0 Å². The van der Waals surface area contributed by atoms with Gasteiger partial charge in [-0.25, -0.2) is 4.79 Å². The van der Waals surface area contributed by atoms with Crippen LogP contribution in [0.1, 0.15) is 18.9 Å². The van der Waals surface area contributed by atoms with Crippen molar-refractivity contribution in [3.05, 3.63) is 29.8 Å². The molecular formula is C19H28N3O7PS. The molecule has 0 bridgehead atoms. The molecule has 3 rings (SSSR count). The van der Waals surface area contributed by atoms with E-state index in [0.717, 1.165) is 5.56 Å². The van der Waals surface area contributed by atoms with Crippen LogP contribution in [0.15, 0.2) is 24.3 Å². The van der Waals surface area contributed by atoms with Gasteiger partial charge in [-0.1, -0.05) is 19.1 Å². The Morgan fingerprint density at radius 3 is 2.71 bits per heavy atom. The minimum absolute atomic E-state index is 0.0470. The predicted molar refractivity (Wildman–Crippen MR) is 116 cm³/mol. The van der Waals surface area contributed by atoms with E-state index in [0.29, 0.717) is 18.5 Å². The molecule has 31 heavy (non-hydrogen) atoms. The summed E-state index contributed by atoms with van der Waals surface area (Å²) in [5, 5.41) is 2.32. The molecule has 1 aromatic rings. The maximum Gasteiger partial charge on any atom is 0.326 e. The third kappa shape index (κ3) is 6.45. The summed E-state index contributed by atoms with van der Waals surface area (Å²) in [6.45, 7) is -1.34. The lowest BCUT2D eigenvalue weighted by Gasteiger charge is -2.34. The zero-order chi connectivity index (χ0) is 22.6. The number of nitrogen functional groups attached to an aromatic ring is 1. The number of benzene rings is 1. The van der Waals surface area contributed by atoms with Crippen LogP contribution in [0, 0.1) is 5.92 Å². The first kappa shape index (κ1) is 24.1.